The second kappa shape index (κ2) is 2.65. The molecule has 0 aromatic carbocycles. The Morgan fingerprint density at radius 3 is 2.45 bits per heavy atom. The third kappa shape index (κ3) is 1.28. The number of carbonyl (C=O) groups is 1. The maximum atomic E-state index is 12.2. The minimum absolute atomic E-state index is 0.106. The first-order valence-electron chi connectivity index (χ1n) is 3.28. The summed E-state index contributed by atoms with van der Waals surface area (Å²) < 4.78 is 12.2. The van der Waals surface area contributed by atoms with Crippen LogP contribution in [0.15, 0.2) is 0 Å². The normalized spacial score (nSPS) is 21.1. The van der Waals surface area contributed by atoms with Crippen molar-refractivity contribution >= 4 is 6.09 Å². The highest BCUT2D eigenvalue weighted by Crippen LogP contribution is 2.29. The Bertz CT molecular complexity index is 161. The van der Waals surface area contributed by atoms with E-state index in [2.05, 4.69) is 0 Å². The van der Waals surface area contributed by atoms with Gasteiger partial charge in [-0.1, -0.05) is 0 Å². The van der Waals surface area contributed by atoms with Gasteiger partial charge in [-0.25, -0.2) is 4.79 Å². The second-order valence-corrected chi connectivity index (χ2v) is 2.93. The lowest BCUT2D eigenvalue weighted by Crippen LogP contribution is -2.61. The van der Waals surface area contributed by atoms with Crippen molar-refractivity contribution in [3.63, 3.8) is 0 Å². The summed E-state index contributed by atoms with van der Waals surface area (Å²) in [5.41, 5.74) is -0.807. The molecule has 0 aromatic heterocycles. The standard InChI is InChI=1S/C6H10FNO3/c7-1-6(4-9)2-8(3-6)5(10)11/h9H,1-4H2,(H,10,11). The fourth-order valence-electron chi connectivity index (χ4n) is 1.13. The molecule has 1 heterocycles. The summed E-state index contributed by atoms with van der Waals surface area (Å²) in [6, 6.07) is 0. The molecule has 0 spiro atoms. The summed E-state index contributed by atoms with van der Waals surface area (Å²) in [6.45, 7) is -0.731. The van der Waals surface area contributed by atoms with Gasteiger partial charge in [0.1, 0.15) is 6.67 Å². The quantitative estimate of drug-likeness (QED) is 0.599. The van der Waals surface area contributed by atoms with Gasteiger partial charge >= 0.3 is 6.09 Å². The van der Waals surface area contributed by atoms with E-state index in [9.17, 15) is 9.18 Å². The van der Waals surface area contributed by atoms with Crippen molar-refractivity contribution in [3.8, 4) is 0 Å². The first-order valence-corrected chi connectivity index (χ1v) is 3.28. The summed E-state index contributed by atoms with van der Waals surface area (Å²) in [4.78, 5) is 11.3. The third-order valence-electron chi connectivity index (χ3n) is 1.94. The Balaban J connectivity index is 2.41. The SMILES string of the molecule is O=C(O)N1CC(CO)(CF)C1. The van der Waals surface area contributed by atoms with Gasteiger partial charge in [-0.05, 0) is 0 Å². The second-order valence-electron chi connectivity index (χ2n) is 2.93. The molecule has 0 unspecified atom stereocenters. The molecule has 0 bridgehead atoms. The highest BCUT2D eigenvalue weighted by molar-refractivity contribution is 5.66. The molecule has 1 aliphatic rings. The van der Waals surface area contributed by atoms with Gasteiger partial charge in [0.25, 0.3) is 0 Å². The zero-order valence-corrected chi connectivity index (χ0v) is 5.96. The highest BCUT2D eigenvalue weighted by Gasteiger charge is 2.45. The average Bonchev–Trinajstić information content (AvgIpc) is 1.87. The number of carboxylic acid groups (broad SMARTS) is 1. The molecule has 1 saturated heterocycles. The van der Waals surface area contributed by atoms with Crippen LogP contribution in [0.1, 0.15) is 0 Å². The van der Waals surface area contributed by atoms with E-state index in [4.69, 9.17) is 10.2 Å². The fourth-order valence-corrected chi connectivity index (χ4v) is 1.13. The van der Waals surface area contributed by atoms with Gasteiger partial charge in [0.2, 0.25) is 0 Å². The number of hydrogen-bond acceptors (Lipinski definition) is 2. The molecule has 1 amide bonds. The lowest BCUT2D eigenvalue weighted by atomic mass is 9.82. The number of rotatable bonds is 2. The number of nitrogens with zero attached hydrogens (tertiary/aromatic N) is 1. The van der Waals surface area contributed by atoms with E-state index in [1.807, 2.05) is 0 Å². The maximum absolute atomic E-state index is 12.2. The Hall–Kier alpha value is -0.840. The molecule has 11 heavy (non-hydrogen) atoms. The zero-order chi connectivity index (χ0) is 8.48. The topological polar surface area (TPSA) is 60.8 Å². The number of alkyl halides is 1. The van der Waals surface area contributed by atoms with Crippen molar-refractivity contribution in [1.82, 2.24) is 4.90 Å². The van der Waals surface area contributed by atoms with Crippen LogP contribution in [0.4, 0.5) is 9.18 Å². The van der Waals surface area contributed by atoms with Crippen molar-refractivity contribution in [1.29, 1.82) is 0 Å². The van der Waals surface area contributed by atoms with E-state index < -0.39 is 18.2 Å². The predicted octanol–water partition coefficient (Wildman–Crippen LogP) is -0.0718. The monoisotopic (exact) mass is 163 g/mol. The molecule has 2 N–H and O–H groups in total. The van der Waals surface area contributed by atoms with Crippen LogP contribution in [0.25, 0.3) is 0 Å². The Morgan fingerprint density at radius 2 is 2.18 bits per heavy atom. The lowest BCUT2D eigenvalue weighted by Gasteiger charge is -2.45. The minimum atomic E-state index is -1.05. The van der Waals surface area contributed by atoms with E-state index in [0.717, 1.165) is 4.90 Å². The van der Waals surface area contributed by atoms with E-state index in [0.29, 0.717) is 0 Å². The summed E-state index contributed by atoms with van der Waals surface area (Å²) >= 11 is 0. The van der Waals surface area contributed by atoms with E-state index in [-0.39, 0.29) is 19.7 Å². The predicted molar refractivity (Wildman–Crippen MR) is 35.1 cm³/mol. The van der Waals surface area contributed by atoms with Crippen LogP contribution in [0.5, 0.6) is 0 Å². The molecular formula is C6H10FNO3. The van der Waals surface area contributed by atoms with E-state index in [1.165, 1.54) is 0 Å². The molecule has 0 aromatic rings. The molecule has 5 heteroatoms. The van der Waals surface area contributed by atoms with Crippen molar-refractivity contribution < 1.29 is 19.4 Å². The lowest BCUT2D eigenvalue weighted by molar-refractivity contribution is -0.0427. The number of aliphatic hydroxyl groups is 1. The molecule has 1 fully saturated rings. The first kappa shape index (κ1) is 8.26. The summed E-state index contributed by atoms with van der Waals surface area (Å²) in [6.07, 6.45) is -1.05. The fraction of sp³-hybridized carbons (Fsp3) is 0.833. The molecule has 0 atom stereocenters. The van der Waals surface area contributed by atoms with Crippen molar-refractivity contribution in [2.24, 2.45) is 5.41 Å². The molecule has 4 nitrogen and oxygen atoms in total. The average molecular weight is 163 g/mol. The summed E-state index contributed by atoms with van der Waals surface area (Å²) in [7, 11) is 0. The highest BCUT2D eigenvalue weighted by atomic mass is 19.1. The van der Waals surface area contributed by atoms with Gasteiger partial charge in [0, 0.05) is 13.1 Å². The van der Waals surface area contributed by atoms with Gasteiger partial charge in [0.15, 0.2) is 0 Å². The zero-order valence-electron chi connectivity index (χ0n) is 5.96. The van der Waals surface area contributed by atoms with Crippen LogP contribution in [0.2, 0.25) is 0 Å². The molecule has 64 valence electrons. The van der Waals surface area contributed by atoms with Gasteiger partial charge in [0.05, 0.1) is 12.0 Å². The van der Waals surface area contributed by atoms with Crippen molar-refractivity contribution in [3.05, 3.63) is 0 Å². The van der Waals surface area contributed by atoms with Crippen LogP contribution in [0, 0.1) is 5.41 Å². The van der Waals surface area contributed by atoms with Gasteiger partial charge < -0.3 is 15.1 Å². The first-order chi connectivity index (χ1) is 5.13. The molecule has 1 rings (SSSR count). The largest absolute Gasteiger partial charge is 0.465 e. The number of aliphatic hydroxyl groups excluding tert-OH is 1. The number of amides is 1. The van der Waals surface area contributed by atoms with Gasteiger partial charge in [-0.15, -0.1) is 0 Å². The Labute approximate surface area is 63.2 Å². The van der Waals surface area contributed by atoms with Gasteiger partial charge in [-0.2, -0.15) is 0 Å². The molecule has 0 saturated carbocycles. The molecule has 0 radical (unpaired) electrons. The Kier molecular flexibility index (Phi) is 1.99. The van der Waals surface area contributed by atoms with Crippen LogP contribution in [-0.4, -0.2) is 47.6 Å². The maximum Gasteiger partial charge on any atom is 0.407 e. The summed E-state index contributed by atoms with van der Waals surface area (Å²) in [5.74, 6) is 0. The van der Waals surface area contributed by atoms with Crippen molar-refractivity contribution in [2.75, 3.05) is 26.4 Å². The van der Waals surface area contributed by atoms with Crippen LogP contribution in [-0.2, 0) is 0 Å². The third-order valence-corrected chi connectivity index (χ3v) is 1.94. The number of halogens is 1. The Morgan fingerprint density at radius 1 is 1.64 bits per heavy atom. The molecule has 0 aliphatic carbocycles. The van der Waals surface area contributed by atoms with Crippen molar-refractivity contribution in [2.45, 2.75) is 0 Å². The number of hydrogen-bond donors (Lipinski definition) is 2. The van der Waals surface area contributed by atoms with Gasteiger partial charge in [-0.3, -0.25) is 4.39 Å². The molecule has 1 aliphatic heterocycles. The van der Waals surface area contributed by atoms with E-state index in [1.54, 1.807) is 0 Å². The van der Waals surface area contributed by atoms with Crippen LogP contribution >= 0.6 is 0 Å². The summed E-state index contributed by atoms with van der Waals surface area (Å²) in [5, 5.41) is 17.1. The smallest absolute Gasteiger partial charge is 0.407 e. The van der Waals surface area contributed by atoms with Crippen LogP contribution in [0.3, 0.4) is 0 Å². The van der Waals surface area contributed by atoms with Crippen LogP contribution < -0.4 is 0 Å². The van der Waals surface area contributed by atoms with E-state index >= 15 is 0 Å². The minimum Gasteiger partial charge on any atom is -0.465 e. The number of likely N-dealkylation sites (tertiary alicyclic amines) is 1. The molecular weight excluding hydrogens is 153 g/mol.